The van der Waals surface area contributed by atoms with Crippen LogP contribution in [0.2, 0.25) is 0 Å². The predicted molar refractivity (Wildman–Crippen MR) is 89.3 cm³/mol. The summed E-state index contributed by atoms with van der Waals surface area (Å²) in [4.78, 5) is 0. The molecule has 0 spiro atoms. The summed E-state index contributed by atoms with van der Waals surface area (Å²) in [6.07, 6.45) is 3.06. The van der Waals surface area contributed by atoms with Crippen LogP contribution in [0.25, 0.3) is 0 Å². The Bertz CT molecular complexity index is 534. The van der Waals surface area contributed by atoms with Gasteiger partial charge in [0.1, 0.15) is 0 Å². The first-order chi connectivity index (χ1) is 9.67. The third kappa shape index (κ3) is 3.51. The van der Waals surface area contributed by atoms with Crippen LogP contribution in [0.1, 0.15) is 43.3 Å². The normalized spacial score (nSPS) is 12.8. The summed E-state index contributed by atoms with van der Waals surface area (Å²) in [6.45, 7) is 5.38. The molecule has 20 heavy (non-hydrogen) atoms. The van der Waals surface area contributed by atoms with Crippen molar-refractivity contribution in [1.29, 1.82) is 0 Å². The highest BCUT2D eigenvalue weighted by atomic mass is 79.9. The number of hydrogen-bond acceptors (Lipinski definition) is 3. The number of halogens is 1. The maximum atomic E-state index is 4.59. The zero-order chi connectivity index (χ0) is 14.5. The summed E-state index contributed by atoms with van der Waals surface area (Å²) in [5.74, 6) is 0. The molecule has 0 aliphatic rings. The highest BCUT2D eigenvalue weighted by Gasteiger charge is 2.18. The zero-order valence-corrected chi connectivity index (χ0v) is 14.7. The van der Waals surface area contributed by atoms with E-state index in [1.807, 2.05) is 11.7 Å². The summed E-state index contributed by atoms with van der Waals surface area (Å²) in [5, 5.41) is 12.6. The van der Waals surface area contributed by atoms with E-state index in [1.54, 1.807) is 11.3 Å². The average molecular weight is 356 g/mol. The van der Waals surface area contributed by atoms with Crippen LogP contribution < -0.4 is 5.32 Å². The van der Waals surface area contributed by atoms with Gasteiger partial charge >= 0.3 is 0 Å². The predicted octanol–water partition coefficient (Wildman–Crippen LogP) is 4.09. The van der Waals surface area contributed by atoms with E-state index >= 15 is 0 Å². The van der Waals surface area contributed by atoms with Gasteiger partial charge in [0.2, 0.25) is 0 Å². The Balaban J connectivity index is 2.21. The molecule has 1 atom stereocenters. The van der Waals surface area contributed by atoms with Gasteiger partial charge in [0.05, 0.1) is 15.9 Å². The van der Waals surface area contributed by atoms with E-state index in [2.05, 4.69) is 57.0 Å². The van der Waals surface area contributed by atoms with E-state index in [1.165, 1.54) is 15.7 Å². The molecule has 0 aromatic carbocycles. The lowest BCUT2D eigenvalue weighted by molar-refractivity contribution is 0.512. The largest absolute Gasteiger partial charge is 0.310 e. The monoisotopic (exact) mass is 355 g/mol. The minimum absolute atomic E-state index is 0.359. The van der Waals surface area contributed by atoms with Gasteiger partial charge in [-0.15, -0.1) is 0 Å². The molecule has 2 heterocycles. The molecule has 0 bridgehead atoms. The van der Waals surface area contributed by atoms with Crippen LogP contribution in [0.5, 0.6) is 0 Å². The molecule has 2 aromatic heterocycles. The third-order valence-corrected chi connectivity index (χ3v) is 5.10. The van der Waals surface area contributed by atoms with E-state index in [9.17, 15) is 0 Å². The molecule has 0 radical (unpaired) electrons. The first-order valence-corrected chi connectivity index (χ1v) is 8.86. The first-order valence-electron chi connectivity index (χ1n) is 7.13. The Kier molecular flexibility index (Phi) is 5.81. The Hall–Kier alpha value is -0.650. The molecule has 0 amide bonds. The van der Waals surface area contributed by atoms with E-state index in [0.29, 0.717) is 6.04 Å². The zero-order valence-electron chi connectivity index (χ0n) is 12.3. The van der Waals surface area contributed by atoms with Crippen LogP contribution in [0.3, 0.4) is 0 Å². The quantitative estimate of drug-likeness (QED) is 0.810. The summed E-state index contributed by atoms with van der Waals surface area (Å²) in [6, 6.07) is 2.57. The standard InChI is InChI=1S/C15H22BrN3S/c1-4-7-17-13(11-6-8-20-10-11)9-14-15(16)12(5-2)18-19(14)3/h6,8,10,13,17H,4-5,7,9H2,1-3H3. The maximum absolute atomic E-state index is 4.59. The van der Waals surface area contributed by atoms with Crippen molar-refractivity contribution in [1.82, 2.24) is 15.1 Å². The summed E-state index contributed by atoms with van der Waals surface area (Å²) in [7, 11) is 2.03. The van der Waals surface area contributed by atoms with Gasteiger partial charge < -0.3 is 5.32 Å². The highest BCUT2D eigenvalue weighted by Crippen LogP contribution is 2.27. The number of nitrogens with zero attached hydrogens (tertiary/aromatic N) is 2. The second-order valence-electron chi connectivity index (χ2n) is 4.95. The van der Waals surface area contributed by atoms with Crippen LogP contribution in [0.4, 0.5) is 0 Å². The molecule has 2 aromatic rings. The SMILES string of the molecule is CCCNC(Cc1c(Br)c(CC)nn1C)c1ccsc1. The summed E-state index contributed by atoms with van der Waals surface area (Å²) >= 11 is 5.47. The summed E-state index contributed by atoms with van der Waals surface area (Å²) < 4.78 is 3.18. The van der Waals surface area contributed by atoms with Gasteiger partial charge in [0, 0.05) is 19.5 Å². The van der Waals surface area contributed by atoms with Gasteiger partial charge in [0.25, 0.3) is 0 Å². The molecule has 1 unspecified atom stereocenters. The van der Waals surface area contributed by atoms with Crippen molar-refractivity contribution in [3.63, 3.8) is 0 Å². The molecule has 0 aliphatic heterocycles. The fourth-order valence-corrected chi connectivity index (χ4v) is 3.83. The second kappa shape index (κ2) is 7.38. The molecule has 2 rings (SSSR count). The second-order valence-corrected chi connectivity index (χ2v) is 6.53. The lowest BCUT2D eigenvalue weighted by atomic mass is 10.0. The molecular weight excluding hydrogens is 334 g/mol. The first kappa shape index (κ1) is 15.7. The van der Waals surface area contributed by atoms with E-state index in [-0.39, 0.29) is 0 Å². The number of rotatable bonds is 7. The van der Waals surface area contributed by atoms with Gasteiger partial charge in [-0.25, -0.2) is 0 Å². The average Bonchev–Trinajstić information content (AvgIpc) is 3.05. The lowest BCUT2D eigenvalue weighted by Gasteiger charge is -2.18. The van der Waals surface area contributed by atoms with Gasteiger partial charge in [0.15, 0.2) is 0 Å². The molecular formula is C15H22BrN3S. The third-order valence-electron chi connectivity index (χ3n) is 3.49. The van der Waals surface area contributed by atoms with Crippen molar-refractivity contribution in [2.24, 2.45) is 7.05 Å². The Morgan fingerprint density at radius 2 is 2.25 bits per heavy atom. The van der Waals surface area contributed by atoms with Crippen molar-refractivity contribution in [2.75, 3.05) is 6.54 Å². The van der Waals surface area contributed by atoms with Crippen molar-refractivity contribution in [2.45, 2.75) is 39.2 Å². The molecule has 0 saturated carbocycles. The van der Waals surface area contributed by atoms with Crippen LogP contribution in [0.15, 0.2) is 21.3 Å². The van der Waals surface area contributed by atoms with Crippen molar-refractivity contribution in [3.05, 3.63) is 38.3 Å². The molecule has 0 fully saturated rings. The molecule has 3 nitrogen and oxygen atoms in total. The van der Waals surface area contributed by atoms with Crippen molar-refractivity contribution in [3.8, 4) is 0 Å². The topological polar surface area (TPSA) is 29.9 Å². The molecule has 1 N–H and O–H groups in total. The van der Waals surface area contributed by atoms with E-state index < -0.39 is 0 Å². The molecule has 5 heteroatoms. The number of aromatic nitrogens is 2. The minimum Gasteiger partial charge on any atom is -0.310 e. The van der Waals surface area contributed by atoms with Gasteiger partial charge in [-0.2, -0.15) is 16.4 Å². The minimum atomic E-state index is 0.359. The Morgan fingerprint density at radius 1 is 1.45 bits per heavy atom. The summed E-state index contributed by atoms with van der Waals surface area (Å²) in [5.41, 5.74) is 3.78. The Morgan fingerprint density at radius 3 is 2.80 bits per heavy atom. The van der Waals surface area contributed by atoms with Gasteiger partial charge in [-0.05, 0) is 57.7 Å². The van der Waals surface area contributed by atoms with Crippen molar-refractivity contribution >= 4 is 27.3 Å². The number of aryl methyl sites for hydroxylation is 2. The van der Waals surface area contributed by atoms with E-state index in [4.69, 9.17) is 0 Å². The molecule has 0 saturated heterocycles. The van der Waals surface area contributed by atoms with Gasteiger partial charge in [-0.3, -0.25) is 4.68 Å². The van der Waals surface area contributed by atoms with Gasteiger partial charge in [-0.1, -0.05) is 13.8 Å². The fourth-order valence-electron chi connectivity index (χ4n) is 2.33. The Labute approximate surface area is 133 Å². The highest BCUT2D eigenvalue weighted by molar-refractivity contribution is 9.10. The smallest absolute Gasteiger partial charge is 0.0766 e. The lowest BCUT2D eigenvalue weighted by Crippen LogP contribution is -2.24. The maximum Gasteiger partial charge on any atom is 0.0766 e. The number of nitrogens with one attached hydrogen (secondary N) is 1. The van der Waals surface area contributed by atoms with Crippen molar-refractivity contribution < 1.29 is 0 Å². The number of thiophene rings is 1. The molecule has 110 valence electrons. The number of hydrogen-bond donors (Lipinski definition) is 1. The van der Waals surface area contributed by atoms with Crippen LogP contribution in [-0.2, 0) is 19.9 Å². The van der Waals surface area contributed by atoms with Crippen LogP contribution >= 0.6 is 27.3 Å². The molecule has 0 aliphatic carbocycles. The fraction of sp³-hybridized carbons (Fsp3) is 0.533. The van der Waals surface area contributed by atoms with Crippen LogP contribution in [-0.4, -0.2) is 16.3 Å². The van der Waals surface area contributed by atoms with E-state index in [0.717, 1.165) is 31.5 Å². The van der Waals surface area contributed by atoms with Crippen LogP contribution in [0, 0.1) is 0 Å².